The number of aromatic nitrogens is 1. The number of Topliss-reactive ketones (excluding diaryl/α,β-unsaturated/α-hetero) is 2. The van der Waals surface area contributed by atoms with Crippen LogP contribution in [0.1, 0.15) is 45.1 Å². The van der Waals surface area contributed by atoms with E-state index in [1.807, 2.05) is 18.3 Å². The van der Waals surface area contributed by atoms with Crippen molar-refractivity contribution in [3.05, 3.63) is 64.2 Å². The number of ketones is 2. The van der Waals surface area contributed by atoms with Crippen LogP contribution >= 0.6 is 12.4 Å². The predicted octanol–water partition coefficient (Wildman–Crippen LogP) is 4.01. The fourth-order valence-electron chi connectivity index (χ4n) is 3.14. The zero-order valence-electron chi connectivity index (χ0n) is 16.9. The monoisotopic (exact) mass is 419 g/mol. The Morgan fingerprint density at radius 3 is 2.45 bits per heavy atom. The number of carbonyl (C=O) groups excluding carboxylic acids is 2. The smallest absolute Gasteiger partial charge is 0.331 e. The SMILES string of the molecule is COC1=C(C)C(=O)C(C=C(CCCCCc2cccnc2)C(=O)O)=C(C)C1=O.Cl. The van der Waals surface area contributed by atoms with Gasteiger partial charge in [0.05, 0.1) is 7.11 Å². The van der Waals surface area contributed by atoms with Gasteiger partial charge in [-0.15, -0.1) is 12.4 Å². The molecule has 1 aromatic heterocycles. The molecule has 0 aromatic carbocycles. The number of pyridine rings is 1. The highest BCUT2D eigenvalue weighted by molar-refractivity contribution is 6.25. The Morgan fingerprint density at radius 1 is 1.14 bits per heavy atom. The molecule has 7 heteroatoms. The van der Waals surface area contributed by atoms with Gasteiger partial charge in [-0.1, -0.05) is 12.5 Å². The Bertz CT molecular complexity index is 868. The average Bonchev–Trinajstić information content (AvgIpc) is 2.69. The van der Waals surface area contributed by atoms with Gasteiger partial charge in [0, 0.05) is 34.7 Å². The molecule has 156 valence electrons. The van der Waals surface area contributed by atoms with E-state index < -0.39 is 5.97 Å². The number of hydrogen-bond donors (Lipinski definition) is 1. The lowest BCUT2D eigenvalue weighted by Crippen LogP contribution is -2.22. The second-order valence-electron chi connectivity index (χ2n) is 6.75. The fourth-order valence-corrected chi connectivity index (χ4v) is 3.14. The first-order valence-electron chi connectivity index (χ1n) is 9.24. The molecule has 29 heavy (non-hydrogen) atoms. The number of allylic oxidation sites excluding steroid dienone is 4. The maximum absolute atomic E-state index is 12.6. The van der Waals surface area contributed by atoms with Gasteiger partial charge < -0.3 is 9.84 Å². The summed E-state index contributed by atoms with van der Waals surface area (Å²) in [6, 6.07) is 3.91. The third-order valence-corrected chi connectivity index (χ3v) is 4.81. The lowest BCUT2D eigenvalue weighted by atomic mass is 9.88. The lowest BCUT2D eigenvalue weighted by molar-refractivity contribution is -0.132. The number of hydrogen-bond acceptors (Lipinski definition) is 5. The molecule has 1 aliphatic rings. The van der Waals surface area contributed by atoms with E-state index in [4.69, 9.17) is 4.74 Å². The van der Waals surface area contributed by atoms with Crippen molar-refractivity contribution < 1.29 is 24.2 Å². The molecule has 0 aliphatic heterocycles. The first kappa shape index (κ1) is 24.3. The molecule has 0 atom stereocenters. The zero-order chi connectivity index (χ0) is 20.7. The number of nitrogens with zero attached hydrogens (tertiary/aromatic N) is 1. The van der Waals surface area contributed by atoms with Crippen LogP contribution in [0.5, 0.6) is 0 Å². The summed E-state index contributed by atoms with van der Waals surface area (Å²) in [6.45, 7) is 3.03. The largest absolute Gasteiger partial charge is 0.492 e. The summed E-state index contributed by atoms with van der Waals surface area (Å²) >= 11 is 0. The van der Waals surface area contributed by atoms with Crippen LogP contribution < -0.4 is 0 Å². The highest BCUT2D eigenvalue weighted by Gasteiger charge is 2.30. The normalized spacial score (nSPS) is 14.8. The first-order valence-corrected chi connectivity index (χ1v) is 9.24. The molecule has 0 saturated carbocycles. The van der Waals surface area contributed by atoms with Gasteiger partial charge in [-0.2, -0.15) is 0 Å². The van der Waals surface area contributed by atoms with E-state index in [-0.39, 0.29) is 52.0 Å². The minimum atomic E-state index is -1.08. The van der Waals surface area contributed by atoms with Gasteiger partial charge in [-0.3, -0.25) is 14.6 Å². The van der Waals surface area contributed by atoms with Crippen LogP contribution in [0.25, 0.3) is 0 Å². The summed E-state index contributed by atoms with van der Waals surface area (Å²) in [7, 11) is 1.34. The summed E-state index contributed by atoms with van der Waals surface area (Å²) in [5, 5.41) is 9.51. The van der Waals surface area contributed by atoms with Crippen molar-refractivity contribution in [2.45, 2.75) is 46.0 Å². The predicted molar refractivity (Wildman–Crippen MR) is 112 cm³/mol. The average molecular weight is 420 g/mol. The molecular weight excluding hydrogens is 394 g/mol. The summed E-state index contributed by atoms with van der Waals surface area (Å²) < 4.78 is 5.02. The molecule has 0 spiro atoms. The van der Waals surface area contributed by atoms with Crippen molar-refractivity contribution in [1.82, 2.24) is 4.98 Å². The molecule has 1 aromatic rings. The molecule has 1 aliphatic carbocycles. The standard InChI is InChI=1S/C22H25NO5.ClH/c1-14-18(19(24)15(2)21(28-3)20(14)25)12-17(22(26)27)10-6-4-5-8-16-9-7-11-23-13-16;/h7,9,11-13H,4-6,8,10H2,1-3H3,(H,26,27);1H. The number of halogens is 1. The van der Waals surface area contributed by atoms with Gasteiger partial charge in [-0.05, 0) is 57.2 Å². The Morgan fingerprint density at radius 2 is 1.86 bits per heavy atom. The number of carbonyl (C=O) groups is 3. The Labute approximate surface area is 176 Å². The van der Waals surface area contributed by atoms with E-state index in [2.05, 4.69) is 4.98 Å². The number of carboxylic acid groups (broad SMARTS) is 1. The third kappa shape index (κ3) is 6.12. The summed E-state index contributed by atoms with van der Waals surface area (Å²) in [5.74, 6) is -1.81. The number of ether oxygens (including phenoxy) is 1. The van der Waals surface area contributed by atoms with Gasteiger partial charge >= 0.3 is 5.97 Å². The molecule has 0 radical (unpaired) electrons. The van der Waals surface area contributed by atoms with Crippen molar-refractivity contribution in [3.8, 4) is 0 Å². The highest BCUT2D eigenvalue weighted by Crippen LogP contribution is 2.27. The number of carboxylic acids is 1. The summed E-state index contributed by atoms with van der Waals surface area (Å²) in [6.07, 6.45) is 8.59. The van der Waals surface area contributed by atoms with Crippen molar-refractivity contribution in [2.24, 2.45) is 0 Å². The highest BCUT2D eigenvalue weighted by atomic mass is 35.5. The van der Waals surface area contributed by atoms with E-state index in [1.165, 1.54) is 27.0 Å². The van der Waals surface area contributed by atoms with E-state index in [1.54, 1.807) is 6.20 Å². The summed E-state index contributed by atoms with van der Waals surface area (Å²) in [4.78, 5) is 40.6. The zero-order valence-corrected chi connectivity index (χ0v) is 17.7. The van der Waals surface area contributed by atoms with E-state index in [0.717, 1.165) is 24.8 Å². The van der Waals surface area contributed by atoms with Crippen LogP contribution in [0.2, 0.25) is 0 Å². The Kier molecular flexibility index (Phi) is 9.48. The molecule has 0 fully saturated rings. The first-order chi connectivity index (χ1) is 13.4. The molecule has 0 amide bonds. The third-order valence-electron chi connectivity index (χ3n) is 4.81. The molecular formula is C22H26ClNO5. The molecule has 0 bridgehead atoms. The molecule has 1 heterocycles. The number of aryl methyl sites for hydroxylation is 1. The van der Waals surface area contributed by atoms with Crippen LogP contribution in [-0.2, 0) is 25.5 Å². The van der Waals surface area contributed by atoms with Crippen molar-refractivity contribution in [3.63, 3.8) is 0 Å². The van der Waals surface area contributed by atoms with E-state index in [0.29, 0.717) is 12.8 Å². The van der Waals surface area contributed by atoms with Gasteiger partial charge in [0.2, 0.25) is 5.78 Å². The van der Waals surface area contributed by atoms with Gasteiger partial charge in [-0.25, -0.2) is 4.79 Å². The van der Waals surface area contributed by atoms with Crippen LogP contribution in [0.3, 0.4) is 0 Å². The topological polar surface area (TPSA) is 93.6 Å². The van der Waals surface area contributed by atoms with Gasteiger partial charge in [0.1, 0.15) is 0 Å². The number of methoxy groups -OCH3 is 1. The van der Waals surface area contributed by atoms with Gasteiger partial charge in [0.25, 0.3) is 0 Å². The van der Waals surface area contributed by atoms with Gasteiger partial charge in [0.15, 0.2) is 11.5 Å². The second-order valence-corrected chi connectivity index (χ2v) is 6.75. The van der Waals surface area contributed by atoms with Crippen LogP contribution in [-0.4, -0.2) is 34.7 Å². The summed E-state index contributed by atoms with van der Waals surface area (Å²) in [5.41, 5.74) is 1.83. The quantitative estimate of drug-likeness (QED) is 0.369. The van der Waals surface area contributed by atoms with Crippen molar-refractivity contribution >= 4 is 29.9 Å². The second kappa shape index (κ2) is 11.3. The molecule has 6 nitrogen and oxygen atoms in total. The van der Waals surface area contributed by atoms with Crippen LogP contribution in [0, 0.1) is 0 Å². The minimum Gasteiger partial charge on any atom is -0.492 e. The fraction of sp³-hybridized carbons (Fsp3) is 0.364. The number of unbranched alkanes of at least 4 members (excludes halogenated alkanes) is 2. The van der Waals surface area contributed by atoms with E-state index in [9.17, 15) is 19.5 Å². The minimum absolute atomic E-state index is 0. The van der Waals surface area contributed by atoms with E-state index >= 15 is 0 Å². The molecule has 1 N–H and O–H groups in total. The van der Waals surface area contributed by atoms with Crippen LogP contribution in [0.4, 0.5) is 0 Å². The maximum atomic E-state index is 12.6. The Hall–Kier alpha value is -2.73. The Balaban J connectivity index is 0.00000420. The lowest BCUT2D eigenvalue weighted by Gasteiger charge is -2.18. The molecule has 0 saturated heterocycles. The van der Waals surface area contributed by atoms with Crippen LogP contribution in [0.15, 0.2) is 58.7 Å². The number of aliphatic carboxylic acids is 1. The number of rotatable bonds is 9. The molecule has 2 rings (SSSR count). The molecule has 0 unspecified atom stereocenters. The maximum Gasteiger partial charge on any atom is 0.331 e. The van der Waals surface area contributed by atoms with Crippen molar-refractivity contribution in [2.75, 3.05) is 7.11 Å². The van der Waals surface area contributed by atoms with Crippen molar-refractivity contribution in [1.29, 1.82) is 0 Å².